The summed E-state index contributed by atoms with van der Waals surface area (Å²) in [4.78, 5) is 0. The highest BCUT2D eigenvalue weighted by molar-refractivity contribution is 9.10. The van der Waals surface area contributed by atoms with Gasteiger partial charge < -0.3 is 10.1 Å². The highest BCUT2D eigenvalue weighted by atomic mass is 79.9. The second-order valence-electron chi connectivity index (χ2n) is 4.27. The molecule has 0 spiro atoms. The number of anilines is 1. The molecule has 1 rings (SSSR count). The number of benzene rings is 1. The van der Waals surface area contributed by atoms with Crippen molar-refractivity contribution >= 4 is 21.6 Å². The Morgan fingerprint density at radius 2 is 2.12 bits per heavy atom. The summed E-state index contributed by atoms with van der Waals surface area (Å²) in [5.74, 6) is -0.247. The molecule has 1 N–H and O–H groups in total. The number of ether oxygens (including phenoxy) is 1. The molecular formula is C12H17BrFNO. The molecule has 16 heavy (non-hydrogen) atoms. The van der Waals surface area contributed by atoms with E-state index in [1.807, 2.05) is 13.8 Å². The van der Waals surface area contributed by atoms with E-state index >= 15 is 0 Å². The zero-order valence-corrected chi connectivity index (χ0v) is 11.4. The first-order chi connectivity index (χ1) is 7.44. The normalized spacial score (nSPS) is 11.6. The van der Waals surface area contributed by atoms with Crippen LogP contribution in [0, 0.1) is 5.82 Å². The van der Waals surface area contributed by atoms with Gasteiger partial charge in [-0.05, 0) is 54.4 Å². The third-order valence-corrected chi connectivity index (χ3v) is 3.14. The van der Waals surface area contributed by atoms with Gasteiger partial charge in [0.15, 0.2) is 0 Å². The van der Waals surface area contributed by atoms with Crippen LogP contribution in [0.15, 0.2) is 22.7 Å². The van der Waals surface area contributed by atoms with Crippen LogP contribution in [0.4, 0.5) is 10.1 Å². The molecule has 0 saturated heterocycles. The Balaban J connectivity index is 2.46. The summed E-state index contributed by atoms with van der Waals surface area (Å²) in [6, 6.07) is 4.89. The number of hydrogen-bond donors (Lipinski definition) is 1. The van der Waals surface area contributed by atoms with Gasteiger partial charge in [0.25, 0.3) is 0 Å². The molecule has 90 valence electrons. The van der Waals surface area contributed by atoms with E-state index in [4.69, 9.17) is 4.74 Å². The summed E-state index contributed by atoms with van der Waals surface area (Å²) in [6.07, 6.45) is 0.887. The minimum Gasteiger partial charge on any atom is -0.385 e. The van der Waals surface area contributed by atoms with Gasteiger partial charge >= 0.3 is 0 Å². The molecule has 0 amide bonds. The molecule has 0 heterocycles. The second kappa shape index (κ2) is 5.64. The van der Waals surface area contributed by atoms with E-state index in [1.165, 1.54) is 6.07 Å². The lowest BCUT2D eigenvalue weighted by atomic mass is 10.1. The molecule has 1 aromatic carbocycles. The largest absolute Gasteiger partial charge is 0.385 e. The molecule has 2 nitrogen and oxygen atoms in total. The van der Waals surface area contributed by atoms with Gasteiger partial charge in [0, 0.05) is 19.3 Å². The molecule has 0 aliphatic heterocycles. The van der Waals surface area contributed by atoms with Gasteiger partial charge in [0.05, 0.1) is 10.1 Å². The lowest BCUT2D eigenvalue weighted by Crippen LogP contribution is -2.25. The van der Waals surface area contributed by atoms with Crippen molar-refractivity contribution in [2.75, 3.05) is 19.0 Å². The number of methoxy groups -OCH3 is 1. The molecular weight excluding hydrogens is 273 g/mol. The van der Waals surface area contributed by atoms with Crippen molar-refractivity contribution in [2.24, 2.45) is 0 Å². The van der Waals surface area contributed by atoms with Crippen LogP contribution in [-0.4, -0.2) is 19.3 Å². The van der Waals surface area contributed by atoms with Crippen LogP contribution in [0.2, 0.25) is 0 Å². The molecule has 0 unspecified atom stereocenters. The lowest BCUT2D eigenvalue weighted by molar-refractivity contribution is 0.0185. The van der Waals surface area contributed by atoms with Crippen LogP contribution in [0.1, 0.15) is 20.3 Å². The average Bonchev–Trinajstić information content (AvgIpc) is 2.23. The van der Waals surface area contributed by atoms with E-state index < -0.39 is 0 Å². The molecule has 0 aromatic heterocycles. The van der Waals surface area contributed by atoms with Crippen molar-refractivity contribution < 1.29 is 9.13 Å². The number of halogens is 2. The molecule has 0 atom stereocenters. The summed E-state index contributed by atoms with van der Waals surface area (Å²) in [5.41, 5.74) is 0.768. The molecule has 0 aliphatic carbocycles. The van der Waals surface area contributed by atoms with E-state index in [9.17, 15) is 4.39 Å². The first-order valence-corrected chi connectivity index (χ1v) is 5.98. The topological polar surface area (TPSA) is 21.3 Å². The van der Waals surface area contributed by atoms with Gasteiger partial charge in [-0.25, -0.2) is 4.39 Å². The fourth-order valence-corrected chi connectivity index (χ4v) is 1.59. The van der Waals surface area contributed by atoms with Crippen LogP contribution in [-0.2, 0) is 4.74 Å². The van der Waals surface area contributed by atoms with Crippen LogP contribution in [0.3, 0.4) is 0 Å². The lowest BCUT2D eigenvalue weighted by Gasteiger charge is -2.23. The summed E-state index contributed by atoms with van der Waals surface area (Å²) in [5, 5.41) is 3.23. The summed E-state index contributed by atoms with van der Waals surface area (Å²) in [6.45, 7) is 4.86. The van der Waals surface area contributed by atoms with E-state index in [0.717, 1.165) is 18.7 Å². The Hall–Kier alpha value is -0.610. The Morgan fingerprint density at radius 1 is 1.44 bits per heavy atom. The number of rotatable bonds is 5. The predicted molar refractivity (Wildman–Crippen MR) is 68.3 cm³/mol. The molecule has 0 radical (unpaired) electrons. The quantitative estimate of drug-likeness (QED) is 0.890. The fourth-order valence-electron chi connectivity index (χ4n) is 1.22. The molecule has 0 bridgehead atoms. The zero-order valence-electron chi connectivity index (χ0n) is 9.81. The van der Waals surface area contributed by atoms with Crippen molar-refractivity contribution in [2.45, 2.75) is 25.9 Å². The van der Waals surface area contributed by atoms with Crippen LogP contribution < -0.4 is 5.32 Å². The zero-order chi connectivity index (χ0) is 12.2. The first kappa shape index (κ1) is 13.5. The van der Waals surface area contributed by atoms with Crippen molar-refractivity contribution in [1.82, 2.24) is 0 Å². The SMILES string of the molecule is COC(C)(C)CCNc1ccc(F)c(Br)c1. The molecule has 0 fully saturated rings. The average molecular weight is 290 g/mol. The Kier molecular flexibility index (Phi) is 4.74. The number of hydrogen-bond acceptors (Lipinski definition) is 2. The maximum Gasteiger partial charge on any atom is 0.137 e. The maximum atomic E-state index is 13.0. The fraction of sp³-hybridized carbons (Fsp3) is 0.500. The first-order valence-electron chi connectivity index (χ1n) is 5.19. The van der Waals surface area contributed by atoms with Crippen molar-refractivity contribution in [3.63, 3.8) is 0 Å². The smallest absolute Gasteiger partial charge is 0.137 e. The maximum absolute atomic E-state index is 13.0. The van der Waals surface area contributed by atoms with E-state index in [0.29, 0.717) is 4.47 Å². The van der Waals surface area contributed by atoms with Crippen molar-refractivity contribution in [3.05, 3.63) is 28.5 Å². The number of nitrogens with one attached hydrogen (secondary N) is 1. The third kappa shape index (κ3) is 4.10. The van der Waals surface area contributed by atoms with Gasteiger partial charge in [0.1, 0.15) is 5.82 Å². The summed E-state index contributed by atoms with van der Waals surface area (Å²) < 4.78 is 18.8. The van der Waals surface area contributed by atoms with Crippen molar-refractivity contribution in [3.8, 4) is 0 Å². The summed E-state index contributed by atoms with van der Waals surface area (Å²) in [7, 11) is 1.70. The molecule has 4 heteroatoms. The Morgan fingerprint density at radius 3 is 2.69 bits per heavy atom. The van der Waals surface area contributed by atoms with Gasteiger partial charge in [-0.1, -0.05) is 0 Å². The molecule has 0 saturated carbocycles. The molecule has 0 aliphatic rings. The third-order valence-electron chi connectivity index (χ3n) is 2.53. The standard InChI is InChI=1S/C12H17BrFNO/c1-12(2,16-3)6-7-15-9-4-5-11(14)10(13)8-9/h4-5,8,15H,6-7H2,1-3H3. The Bertz CT molecular complexity index is 355. The highest BCUT2D eigenvalue weighted by Crippen LogP contribution is 2.20. The molecule has 1 aromatic rings. The van der Waals surface area contributed by atoms with Gasteiger partial charge in [0.2, 0.25) is 0 Å². The highest BCUT2D eigenvalue weighted by Gasteiger charge is 2.15. The van der Waals surface area contributed by atoms with Crippen LogP contribution >= 0.6 is 15.9 Å². The Labute approximate surface area is 104 Å². The van der Waals surface area contributed by atoms with Gasteiger partial charge in [-0.3, -0.25) is 0 Å². The minimum absolute atomic E-state index is 0.135. The van der Waals surface area contributed by atoms with Crippen LogP contribution in [0.25, 0.3) is 0 Å². The predicted octanol–water partition coefficient (Wildman–Crippen LogP) is 3.82. The van der Waals surface area contributed by atoms with E-state index in [2.05, 4.69) is 21.2 Å². The monoisotopic (exact) mass is 289 g/mol. The van der Waals surface area contributed by atoms with E-state index in [1.54, 1.807) is 19.2 Å². The van der Waals surface area contributed by atoms with Crippen LogP contribution in [0.5, 0.6) is 0 Å². The second-order valence-corrected chi connectivity index (χ2v) is 5.12. The van der Waals surface area contributed by atoms with Gasteiger partial charge in [-0.15, -0.1) is 0 Å². The summed E-state index contributed by atoms with van der Waals surface area (Å²) >= 11 is 3.15. The van der Waals surface area contributed by atoms with Gasteiger partial charge in [-0.2, -0.15) is 0 Å². The van der Waals surface area contributed by atoms with Crippen molar-refractivity contribution in [1.29, 1.82) is 0 Å². The minimum atomic E-state index is -0.247. The van der Waals surface area contributed by atoms with E-state index in [-0.39, 0.29) is 11.4 Å².